The van der Waals surface area contributed by atoms with Crippen molar-refractivity contribution in [1.29, 1.82) is 0 Å². The zero-order valence-corrected chi connectivity index (χ0v) is 23.1. The maximum Gasteiger partial charge on any atom is 0.223 e. The normalized spacial score (nSPS) is 13.6. The van der Waals surface area contributed by atoms with Crippen LogP contribution in [-0.2, 0) is 11.2 Å². The predicted molar refractivity (Wildman–Crippen MR) is 161 cm³/mol. The minimum atomic E-state index is 0.184. The van der Waals surface area contributed by atoms with Crippen LogP contribution < -0.4 is 9.64 Å². The molecule has 2 aromatic heterocycles. The first-order chi connectivity index (χ1) is 19.6. The molecule has 202 valence electrons. The van der Waals surface area contributed by atoms with Gasteiger partial charge in [0.2, 0.25) is 5.91 Å². The molecule has 6 heteroatoms. The molecule has 3 aromatic carbocycles. The summed E-state index contributed by atoms with van der Waals surface area (Å²) in [6.45, 7) is 5.11. The van der Waals surface area contributed by atoms with Crippen molar-refractivity contribution in [3.05, 3.63) is 108 Å². The molecule has 0 spiro atoms. The molecule has 1 saturated heterocycles. The van der Waals surface area contributed by atoms with Crippen molar-refractivity contribution in [3.63, 3.8) is 0 Å². The molecule has 0 unspecified atom stereocenters. The van der Waals surface area contributed by atoms with E-state index in [1.54, 1.807) is 7.11 Å². The summed E-state index contributed by atoms with van der Waals surface area (Å²) in [5.74, 6) is 1.05. The highest BCUT2D eigenvalue weighted by Gasteiger charge is 2.24. The second kappa shape index (κ2) is 11.3. The Kier molecular flexibility index (Phi) is 7.23. The van der Waals surface area contributed by atoms with E-state index in [9.17, 15) is 4.79 Å². The Morgan fingerprint density at radius 1 is 0.825 bits per heavy atom. The zero-order chi connectivity index (χ0) is 27.5. The Labute approximate surface area is 235 Å². The van der Waals surface area contributed by atoms with Crippen LogP contribution in [0.1, 0.15) is 17.7 Å². The Balaban J connectivity index is 1.24. The van der Waals surface area contributed by atoms with E-state index < -0.39 is 0 Å². The predicted octanol–water partition coefficient (Wildman–Crippen LogP) is 6.27. The van der Waals surface area contributed by atoms with Crippen LogP contribution in [0.4, 0.5) is 5.69 Å². The van der Waals surface area contributed by atoms with Crippen molar-refractivity contribution in [2.24, 2.45) is 0 Å². The van der Waals surface area contributed by atoms with Crippen molar-refractivity contribution in [2.75, 3.05) is 38.2 Å². The van der Waals surface area contributed by atoms with E-state index in [-0.39, 0.29) is 5.91 Å². The second-order valence-corrected chi connectivity index (χ2v) is 10.3. The number of carbonyl (C=O) groups excluding carboxylic acids is 1. The SMILES string of the molecule is COc1ccccc1N1CCN(C(=O)CCc2c(-c3ccccc3)nc3ccc(-c4ccccc4C)cn23)CC1. The van der Waals surface area contributed by atoms with Gasteiger partial charge in [0.05, 0.1) is 24.2 Å². The fourth-order valence-electron chi connectivity index (χ4n) is 5.69. The third-order valence-electron chi connectivity index (χ3n) is 7.85. The third-order valence-corrected chi connectivity index (χ3v) is 7.85. The standard InChI is InChI=1S/C34H34N4O2/c1-25-10-6-7-13-28(25)27-16-18-32-35-34(26-11-4-3-5-12-26)30(38(32)24-27)17-19-33(39)37-22-20-36(21-23-37)29-14-8-9-15-31(29)40-2/h3-16,18,24H,17,19-23H2,1-2H3. The Bertz CT molecular complexity index is 1630. The molecule has 1 aliphatic heterocycles. The number of benzene rings is 3. The van der Waals surface area contributed by atoms with Crippen LogP contribution >= 0.6 is 0 Å². The second-order valence-electron chi connectivity index (χ2n) is 10.3. The molecule has 0 atom stereocenters. The number of rotatable bonds is 7. The van der Waals surface area contributed by atoms with Gasteiger partial charge in [0, 0.05) is 44.4 Å². The van der Waals surface area contributed by atoms with Crippen molar-refractivity contribution < 1.29 is 9.53 Å². The summed E-state index contributed by atoms with van der Waals surface area (Å²) in [4.78, 5) is 22.7. The van der Waals surface area contributed by atoms with Gasteiger partial charge in [-0.3, -0.25) is 4.79 Å². The summed E-state index contributed by atoms with van der Waals surface area (Å²) in [5.41, 5.74) is 8.63. The van der Waals surface area contributed by atoms with Crippen LogP contribution in [0.5, 0.6) is 5.75 Å². The lowest BCUT2D eigenvalue weighted by Crippen LogP contribution is -2.49. The van der Waals surface area contributed by atoms with Gasteiger partial charge in [-0.2, -0.15) is 0 Å². The van der Waals surface area contributed by atoms with Crippen LogP contribution in [0.25, 0.3) is 28.0 Å². The van der Waals surface area contributed by atoms with E-state index in [4.69, 9.17) is 9.72 Å². The summed E-state index contributed by atoms with van der Waals surface area (Å²) in [5, 5.41) is 0. The fourth-order valence-corrected chi connectivity index (χ4v) is 5.69. The van der Waals surface area contributed by atoms with Crippen LogP contribution in [0.15, 0.2) is 97.2 Å². The van der Waals surface area contributed by atoms with E-state index >= 15 is 0 Å². The Hall–Kier alpha value is -4.58. The molecule has 1 aliphatic rings. The Morgan fingerprint density at radius 2 is 1.55 bits per heavy atom. The van der Waals surface area contributed by atoms with Gasteiger partial charge in [-0.25, -0.2) is 4.98 Å². The quantitative estimate of drug-likeness (QED) is 0.249. The smallest absolute Gasteiger partial charge is 0.223 e. The number of piperazine rings is 1. The number of hydrogen-bond acceptors (Lipinski definition) is 4. The number of amides is 1. The number of methoxy groups -OCH3 is 1. The van der Waals surface area contributed by atoms with E-state index in [2.05, 4.69) is 77.0 Å². The Morgan fingerprint density at radius 3 is 2.33 bits per heavy atom. The maximum absolute atomic E-state index is 13.4. The number of fused-ring (bicyclic) bond motifs is 1. The first kappa shape index (κ1) is 25.7. The fraction of sp³-hybridized carbons (Fsp3) is 0.235. The molecular formula is C34H34N4O2. The summed E-state index contributed by atoms with van der Waals surface area (Å²) in [6, 6.07) is 31.0. The van der Waals surface area contributed by atoms with Gasteiger partial charge in [-0.1, -0.05) is 66.7 Å². The zero-order valence-electron chi connectivity index (χ0n) is 23.1. The molecular weight excluding hydrogens is 496 g/mol. The minimum Gasteiger partial charge on any atom is -0.495 e. The van der Waals surface area contributed by atoms with Crippen LogP contribution in [0.2, 0.25) is 0 Å². The van der Waals surface area contributed by atoms with Crippen LogP contribution in [0, 0.1) is 6.92 Å². The number of nitrogens with zero attached hydrogens (tertiary/aromatic N) is 4. The lowest BCUT2D eigenvalue weighted by atomic mass is 10.0. The number of aromatic nitrogens is 2. The summed E-state index contributed by atoms with van der Waals surface area (Å²) in [7, 11) is 1.70. The number of anilines is 1. The van der Waals surface area contributed by atoms with Crippen molar-refractivity contribution in [1.82, 2.24) is 14.3 Å². The third kappa shape index (κ3) is 5.05. The van der Waals surface area contributed by atoms with Crippen molar-refractivity contribution >= 4 is 17.2 Å². The number of imidazole rings is 1. The minimum absolute atomic E-state index is 0.184. The molecule has 40 heavy (non-hydrogen) atoms. The molecule has 1 amide bonds. The number of hydrogen-bond donors (Lipinski definition) is 0. The van der Waals surface area contributed by atoms with Crippen molar-refractivity contribution in [3.8, 4) is 28.1 Å². The van der Waals surface area contributed by atoms with E-state index in [0.717, 1.165) is 52.7 Å². The molecule has 1 fully saturated rings. The van der Waals surface area contributed by atoms with E-state index in [1.807, 2.05) is 41.3 Å². The van der Waals surface area contributed by atoms with Gasteiger partial charge >= 0.3 is 0 Å². The summed E-state index contributed by atoms with van der Waals surface area (Å²) >= 11 is 0. The lowest BCUT2D eigenvalue weighted by molar-refractivity contribution is -0.131. The highest BCUT2D eigenvalue weighted by molar-refractivity contribution is 5.78. The van der Waals surface area contributed by atoms with Gasteiger partial charge in [0.1, 0.15) is 11.4 Å². The van der Waals surface area contributed by atoms with Crippen molar-refractivity contribution in [2.45, 2.75) is 19.8 Å². The van der Waals surface area contributed by atoms with Gasteiger partial charge in [0.25, 0.3) is 0 Å². The average molecular weight is 531 g/mol. The van der Waals surface area contributed by atoms with Crippen LogP contribution in [0.3, 0.4) is 0 Å². The number of aryl methyl sites for hydroxylation is 2. The molecule has 5 aromatic rings. The molecule has 6 nitrogen and oxygen atoms in total. The average Bonchev–Trinajstić information content (AvgIpc) is 3.38. The maximum atomic E-state index is 13.4. The van der Waals surface area contributed by atoms with E-state index in [1.165, 1.54) is 11.1 Å². The number of pyridine rings is 1. The van der Waals surface area contributed by atoms with Gasteiger partial charge < -0.3 is 18.9 Å². The largest absolute Gasteiger partial charge is 0.495 e. The topological polar surface area (TPSA) is 50.1 Å². The first-order valence-corrected chi connectivity index (χ1v) is 13.9. The number of carbonyl (C=O) groups is 1. The molecule has 0 bridgehead atoms. The van der Waals surface area contributed by atoms with Gasteiger partial charge in [-0.15, -0.1) is 0 Å². The van der Waals surface area contributed by atoms with E-state index in [0.29, 0.717) is 25.9 Å². The first-order valence-electron chi connectivity index (χ1n) is 13.9. The molecule has 0 N–H and O–H groups in total. The highest BCUT2D eigenvalue weighted by atomic mass is 16.5. The number of para-hydroxylation sites is 2. The molecule has 3 heterocycles. The van der Waals surface area contributed by atoms with Gasteiger partial charge in [0.15, 0.2) is 0 Å². The number of ether oxygens (including phenoxy) is 1. The summed E-state index contributed by atoms with van der Waals surface area (Å²) < 4.78 is 7.73. The molecule has 0 saturated carbocycles. The monoisotopic (exact) mass is 530 g/mol. The highest BCUT2D eigenvalue weighted by Crippen LogP contribution is 2.31. The van der Waals surface area contributed by atoms with Crippen LogP contribution in [-0.4, -0.2) is 53.5 Å². The molecule has 0 radical (unpaired) electrons. The van der Waals surface area contributed by atoms with Gasteiger partial charge in [-0.05, 0) is 54.3 Å². The molecule has 6 rings (SSSR count). The molecule has 0 aliphatic carbocycles. The summed E-state index contributed by atoms with van der Waals surface area (Å²) in [6.07, 6.45) is 3.23. The lowest BCUT2D eigenvalue weighted by Gasteiger charge is -2.36.